The molecule has 0 unspecified atom stereocenters. The highest BCUT2D eigenvalue weighted by atomic mass is 127. The molecule has 3 heteroatoms. The van der Waals surface area contributed by atoms with Crippen molar-refractivity contribution in [3.63, 3.8) is 0 Å². The molecule has 0 saturated carbocycles. The Hall–Kier alpha value is -0.550. The Morgan fingerprint density at radius 1 is 1.21 bits per heavy atom. The van der Waals surface area contributed by atoms with Gasteiger partial charge in [0, 0.05) is 12.2 Å². The van der Waals surface area contributed by atoms with Gasteiger partial charge in [-0.15, -0.1) is 11.3 Å². The molecule has 72 valence electrons. The zero-order valence-electron chi connectivity index (χ0n) is 7.53. The summed E-state index contributed by atoms with van der Waals surface area (Å²) in [6.07, 6.45) is 0. The summed E-state index contributed by atoms with van der Waals surface area (Å²) in [5.41, 5.74) is 2.52. The number of rotatable bonds is 3. The molecule has 0 saturated heterocycles. The second-order valence-electron chi connectivity index (χ2n) is 2.98. The Morgan fingerprint density at radius 2 is 2.00 bits per heavy atom. The average molecular weight is 315 g/mol. The number of hydrogen-bond donors (Lipinski definition) is 1. The van der Waals surface area contributed by atoms with Gasteiger partial charge in [0.15, 0.2) is 0 Å². The van der Waals surface area contributed by atoms with Crippen molar-refractivity contribution in [1.29, 1.82) is 0 Å². The van der Waals surface area contributed by atoms with Gasteiger partial charge < -0.3 is 5.32 Å². The van der Waals surface area contributed by atoms with Gasteiger partial charge >= 0.3 is 0 Å². The molecule has 0 fully saturated rings. The van der Waals surface area contributed by atoms with Gasteiger partial charge in [-0.25, -0.2) is 0 Å². The number of benzene rings is 1. The van der Waals surface area contributed by atoms with Gasteiger partial charge in [0.2, 0.25) is 0 Å². The molecule has 0 bridgehead atoms. The zero-order valence-corrected chi connectivity index (χ0v) is 10.5. The lowest BCUT2D eigenvalue weighted by molar-refractivity contribution is 1.16. The number of thiophene rings is 1. The number of halogens is 1. The van der Waals surface area contributed by atoms with Crippen LogP contribution in [-0.4, -0.2) is 0 Å². The molecule has 0 spiro atoms. The summed E-state index contributed by atoms with van der Waals surface area (Å²) in [5, 5.41) is 5.57. The van der Waals surface area contributed by atoms with E-state index >= 15 is 0 Å². The standard InChI is InChI=1S/C11H10INS/c12-11-6-9(8-14-11)7-13-10-4-2-1-3-5-10/h1-6,8,13H,7H2. The van der Waals surface area contributed by atoms with Crippen molar-refractivity contribution in [3.8, 4) is 0 Å². The SMILES string of the molecule is Ic1cc(CNc2ccccc2)cs1. The van der Waals surface area contributed by atoms with Crippen molar-refractivity contribution < 1.29 is 0 Å². The number of para-hydroxylation sites is 1. The molecule has 1 N–H and O–H groups in total. The molecule has 0 aliphatic heterocycles. The van der Waals surface area contributed by atoms with E-state index in [0.717, 1.165) is 6.54 Å². The molecule has 2 rings (SSSR count). The molecule has 0 aliphatic carbocycles. The van der Waals surface area contributed by atoms with Crippen molar-refractivity contribution in [2.75, 3.05) is 5.32 Å². The minimum atomic E-state index is 0.906. The lowest BCUT2D eigenvalue weighted by Gasteiger charge is -2.03. The first kappa shape index (κ1) is 9.98. The quantitative estimate of drug-likeness (QED) is 0.845. The van der Waals surface area contributed by atoms with E-state index < -0.39 is 0 Å². The van der Waals surface area contributed by atoms with E-state index in [1.807, 2.05) is 18.2 Å². The Bertz CT molecular complexity index is 397. The van der Waals surface area contributed by atoms with Crippen LogP contribution in [0.15, 0.2) is 41.8 Å². The van der Waals surface area contributed by atoms with Crippen LogP contribution in [-0.2, 0) is 6.54 Å². The van der Waals surface area contributed by atoms with E-state index in [9.17, 15) is 0 Å². The van der Waals surface area contributed by atoms with Gasteiger partial charge in [-0.3, -0.25) is 0 Å². The average Bonchev–Trinajstić information content (AvgIpc) is 2.63. The first-order valence-electron chi connectivity index (χ1n) is 4.36. The lowest BCUT2D eigenvalue weighted by atomic mass is 10.3. The topological polar surface area (TPSA) is 12.0 Å². The van der Waals surface area contributed by atoms with Crippen LogP contribution in [0.25, 0.3) is 0 Å². The van der Waals surface area contributed by atoms with Gasteiger partial charge in [0.05, 0.1) is 2.88 Å². The van der Waals surface area contributed by atoms with Crippen LogP contribution >= 0.6 is 33.9 Å². The van der Waals surface area contributed by atoms with Crippen LogP contribution in [0.2, 0.25) is 0 Å². The van der Waals surface area contributed by atoms with Gasteiger partial charge in [-0.05, 0) is 51.7 Å². The monoisotopic (exact) mass is 315 g/mol. The maximum absolute atomic E-state index is 3.38. The summed E-state index contributed by atoms with van der Waals surface area (Å²) in [5.74, 6) is 0. The van der Waals surface area contributed by atoms with Crippen LogP contribution < -0.4 is 5.32 Å². The second kappa shape index (κ2) is 4.79. The highest BCUT2D eigenvalue weighted by Gasteiger charge is 1.96. The smallest absolute Gasteiger partial charge is 0.0656 e. The Balaban J connectivity index is 1.95. The van der Waals surface area contributed by atoms with Crippen molar-refractivity contribution in [2.45, 2.75) is 6.54 Å². The molecular weight excluding hydrogens is 305 g/mol. The minimum Gasteiger partial charge on any atom is -0.381 e. The molecule has 1 aromatic carbocycles. The number of hydrogen-bond acceptors (Lipinski definition) is 2. The molecule has 1 heterocycles. The van der Waals surface area contributed by atoms with E-state index in [4.69, 9.17) is 0 Å². The lowest BCUT2D eigenvalue weighted by Crippen LogP contribution is -1.97. The maximum Gasteiger partial charge on any atom is 0.0656 e. The fourth-order valence-corrected chi connectivity index (χ4v) is 2.61. The summed E-state index contributed by atoms with van der Waals surface area (Å²) >= 11 is 4.13. The largest absolute Gasteiger partial charge is 0.381 e. The van der Waals surface area contributed by atoms with Crippen LogP contribution in [0.4, 0.5) is 5.69 Å². The predicted octanol–water partition coefficient (Wildman–Crippen LogP) is 3.96. The number of nitrogens with one attached hydrogen (secondary N) is 1. The van der Waals surface area contributed by atoms with Crippen LogP contribution in [0.5, 0.6) is 0 Å². The molecule has 0 aliphatic rings. The van der Waals surface area contributed by atoms with Crippen molar-refractivity contribution >= 4 is 39.6 Å². The third-order valence-corrected chi connectivity index (χ3v) is 3.73. The van der Waals surface area contributed by atoms with E-state index in [0.29, 0.717) is 0 Å². The molecule has 0 atom stereocenters. The Kier molecular flexibility index (Phi) is 3.42. The third-order valence-electron chi connectivity index (χ3n) is 1.89. The molecule has 14 heavy (non-hydrogen) atoms. The van der Waals surface area contributed by atoms with Crippen LogP contribution in [0, 0.1) is 2.88 Å². The van der Waals surface area contributed by atoms with E-state index in [1.54, 1.807) is 11.3 Å². The summed E-state index contributed by atoms with van der Waals surface area (Å²) in [4.78, 5) is 0. The van der Waals surface area contributed by atoms with Crippen molar-refractivity contribution in [2.24, 2.45) is 0 Å². The third kappa shape index (κ3) is 2.72. The molecular formula is C11H10INS. The van der Waals surface area contributed by atoms with Gasteiger partial charge in [0.1, 0.15) is 0 Å². The van der Waals surface area contributed by atoms with Crippen LogP contribution in [0.1, 0.15) is 5.56 Å². The highest BCUT2D eigenvalue weighted by Crippen LogP contribution is 2.17. The first-order valence-corrected chi connectivity index (χ1v) is 6.32. The minimum absolute atomic E-state index is 0.906. The van der Waals surface area contributed by atoms with Gasteiger partial charge in [-0.1, -0.05) is 18.2 Å². The maximum atomic E-state index is 3.38. The normalized spacial score (nSPS) is 10.1. The van der Waals surface area contributed by atoms with E-state index in [2.05, 4.69) is 51.5 Å². The first-order chi connectivity index (χ1) is 6.84. The molecule has 2 aromatic rings. The summed E-state index contributed by atoms with van der Waals surface area (Å²) in [6, 6.07) is 12.5. The second-order valence-corrected chi connectivity index (χ2v) is 5.78. The Labute approximate surface area is 101 Å². The summed E-state index contributed by atoms with van der Waals surface area (Å²) < 4.78 is 1.34. The summed E-state index contributed by atoms with van der Waals surface area (Å²) in [7, 11) is 0. The van der Waals surface area contributed by atoms with Gasteiger partial charge in [0.25, 0.3) is 0 Å². The molecule has 0 radical (unpaired) electrons. The van der Waals surface area contributed by atoms with Crippen molar-refractivity contribution in [3.05, 3.63) is 50.2 Å². The highest BCUT2D eigenvalue weighted by molar-refractivity contribution is 14.1. The van der Waals surface area contributed by atoms with E-state index in [1.165, 1.54) is 14.1 Å². The Morgan fingerprint density at radius 3 is 2.64 bits per heavy atom. The number of anilines is 1. The molecule has 1 nitrogen and oxygen atoms in total. The van der Waals surface area contributed by atoms with E-state index in [-0.39, 0.29) is 0 Å². The van der Waals surface area contributed by atoms with Gasteiger partial charge in [-0.2, -0.15) is 0 Å². The summed E-state index contributed by atoms with van der Waals surface area (Å²) in [6.45, 7) is 0.906. The molecule has 1 aromatic heterocycles. The molecule has 0 amide bonds. The fraction of sp³-hybridized carbons (Fsp3) is 0.0909. The van der Waals surface area contributed by atoms with Crippen LogP contribution in [0.3, 0.4) is 0 Å². The zero-order chi connectivity index (χ0) is 9.80. The fourth-order valence-electron chi connectivity index (χ4n) is 1.20. The van der Waals surface area contributed by atoms with Crippen molar-refractivity contribution in [1.82, 2.24) is 0 Å². The predicted molar refractivity (Wildman–Crippen MR) is 70.8 cm³/mol.